The largest absolute Gasteiger partial charge is 0.497 e. The first-order chi connectivity index (χ1) is 14.7. The normalized spacial score (nSPS) is 12.2. The molecule has 0 aliphatic heterocycles. The SMILES string of the molecule is COc1ccc(/C=C(\NC(=O)c2ccc(C)cc2)C(=O)N[C@@H](CC(C)C)C(=O)O)cc1. The van der Waals surface area contributed by atoms with E-state index in [2.05, 4.69) is 10.6 Å². The van der Waals surface area contributed by atoms with Crippen molar-refractivity contribution in [1.82, 2.24) is 10.6 Å². The molecule has 3 N–H and O–H groups in total. The van der Waals surface area contributed by atoms with E-state index in [9.17, 15) is 19.5 Å². The molecule has 0 fully saturated rings. The van der Waals surface area contributed by atoms with Gasteiger partial charge in [0.2, 0.25) is 0 Å². The van der Waals surface area contributed by atoms with Crippen LogP contribution in [0.15, 0.2) is 54.2 Å². The van der Waals surface area contributed by atoms with Crippen LogP contribution in [0.2, 0.25) is 0 Å². The maximum absolute atomic E-state index is 12.9. The van der Waals surface area contributed by atoms with E-state index in [0.29, 0.717) is 16.9 Å². The molecule has 0 saturated heterocycles. The number of rotatable bonds is 9. The number of carbonyl (C=O) groups is 3. The second kappa shape index (κ2) is 11.0. The van der Waals surface area contributed by atoms with Gasteiger partial charge >= 0.3 is 5.97 Å². The molecule has 2 aromatic rings. The molecular formula is C24H28N2O5. The molecule has 7 nitrogen and oxygen atoms in total. The van der Waals surface area contributed by atoms with Gasteiger partial charge in [-0.25, -0.2) is 4.79 Å². The molecule has 0 aromatic heterocycles. The van der Waals surface area contributed by atoms with Crippen LogP contribution in [0, 0.1) is 12.8 Å². The first kappa shape index (κ1) is 23.7. The molecule has 0 heterocycles. The van der Waals surface area contributed by atoms with Crippen molar-refractivity contribution < 1.29 is 24.2 Å². The third-order valence-electron chi connectivity index (χ3n) is 4.54. The van der Waals surface area contributed by atoms with Crippen molar-refractivity contribution in [2.75, 3.05) is 7.11 Å². The van der Waals surface area contributed by atoms with Gasteiger partial charge in [-0.15, -0.1) is 0 Å². The summed E-state index contributed by atoms with van der Waals surface area (Å²) in [4.78, 5) is 37.2. The molecule has 0 aliphatic rings. The Kier molecular flexibility index (Phi) is 8.37. The third-order valence-corrected chi connectivity index (χ3v) is 4.54. The minimum Gasteiger partial charge on any atom is -0.497 e. The zero-order chi connectivity index (χ0) is 23.0. The van der Waals surface area contributed by atoms with Crippen molar-refractivity contribution in [3.63, 3.8) is 0 Å². The Hall–Kier alpha value is -3.61. The van der Waals surface area contributed by atoms with E-state index in [1.54, 1.807) is 55.6 Å². The van der Waals surface area contributed by atoms with Crippen LogP contribution in [0.4, 0.5) is 0 Å². The number of aryl methyl sites for hydroxylation is 1. The van der Waals surface area contributed by atoms with Crippen LogP contribution < -0.4 is 15.4 Å². The lowest BCUT2D eigenvalue weighted by atomic mass is 10.0. The molecule has 2 amide bonds. The molecule has 0 radical (unpaired) electrons. The van der Waals surface area contributed by atoms with Crippen LogP contribution in [0.1, 0.15) is 41.8 Å². The maximum Gasteiger partial charge on any atom is 0.326 e. The van der Waals surface area contributed by atoms with Crippen LogP contribution in [-0.4, -0.2) is 36.0 Å². The van der Waals surface area contributed by atoms with E-state index < -0.39 is 23.8 Å². The number of methoxy groups -OCH3 is 1. The summed E-state index contributed by atoms with van der Waals surface area (Å²) in [6.07, 6.45) is 1.76. The van der Waals surface area contributed by atoms with Gasteiger partial charge in [-0.05, 0) is 55.2 Å². The minimum absolute atomic E-state index is 0.0502. The van der Waals surface area contributed by atoms with Crippen molar-refractivity contribution in [3.8, 4) is 5.75 Å². The molecule has 2 aromatic carbocycles. The summed E-state index contributed by atoms with van der Waals surface area (Å²) in [5.41, 5.74) is 1.98. The van der Waals surface area contributed by atoms with Gasteiger partial charge in [0.05, 0.1) is 7.11 Å². The lowest BCUT2D eigenvalue weighted by Gasteiger charge is -2.18. The van der Waals surface area contributed by atoms with E-state index in [-0.39, 0.29) is 18.0 Å². The van der Waals surface area contributed by atoms with Crippen molar-refractivity contribution >= 4 is 23.9 Å². The third kappa shape index (κ3) is 7.29. The fourth-order valence-corrected chi connectivity index (χ4v) is 2.85. The van der Waals surface area contributed by atoms with Gasteiger partial charge in [0.25, 0.3) is 11.8 Å². The molecule has 0 saturated carbocycles. The first-order valence-electron chi connectivity index (χ1n) is 9.97. The van der Waals surface area contributed by atoms with Gasteiger partial charge < -0.3 is 20.5 Å². The average Bonchev–Trinajstić information content (AvgIpc) is 2.73. The second-order valence-corrected chi connectivity index (χ2v) is 7.65. The van der Waals surface area contributed by atoms with Gasteiger partial charge in [0.15, 0.2) is 0 Å². The predicted octanol–water partition coefficient (Wildman–Crippen LogP) is 3.39. The summed E-state index contributed by atoms with van der Waals surface area (Å²) in [7, 11) is 1.55. The highest BCUT2D eigenvalue weighted by atomic mass is 16.5. The monoisotopic (exact) mass is 424 g/mol. The van der Waals surface area contributed by atoms with Crippen LogP contribution in [-0.2, 0) is 9.59 Å². The average molecular weight is 424 g/mol. The van der Waals surface area contributed by atoms with Crippen molar-refractivity contribution in [3.05, 3.63) is 70.9 Å². The minimum atomic E-state index is -1.13. The molecule has 164 valence electrons. The number of ether oxygens (including phenoxy) is 1. The summed E-state index contributed by atoms with van der Waals surface area (Å²) in [5, 5.41) is 14.6. The highest BCUT2D eigenvalue weighted by Crippen LogP contribution is 2.15. The summed E-state index contributed by atoms with van der Waals surface area (Å²) in [6, 6.07) is 12.8. The zero-order valence-corrected chi connectivity index (χ0v) is 18.1. The molecule has 31 heavy (non-hydrogen) atoms. The highest BCUT2D eigenvalue weighted by molar-refractivity contribution is 6.06. The Bertz CT molecular complexity index is 947. The van der Waals surface area contributed by atoms with Gasteiger partial charge in [0, 0.05) is 5.56 Å². The van der Waals surface area contributed by atoms with Crippen molar-refractivity contribution in [2.24, 2.45) is 5.92 Å². The number of benzene rings is 2. The van der Waals surface area contributed by atoms with E-state index in [0.717, 1.165) is 5.56 Å². The van der Waals surface area contributed by atoms with Gasteiger partial charge in [-0.2, -0.15) is 0 Å². The van der Waals surface area contributed by atoms with Crippen LogP contribution >= 0.6 is 0 Å². The molecule has 0 spiro atoms. The number of hydrogen-bond donors (Lipinski definition) is 3. The van der Waals surface area contributed by atoms with Crippen molar-refractivity contribution in [2.45, 2.75) is 33.2 Å². The van der Waals surface area contributed by atoms with Gasteiger partial charge in [0.1, 0.15) is 17.5 Å². The fourth-order valence-electron chi connectivity index (χ4n) is 2.85. The van der Waals surface area contributed by atoms with Crippen LogP contribution in [0.5, 0.6) is 5.75 Å². The van der Waals surface area contributed by atoms with E-state index in [1.807, 2.05) is 20.8 Å². The lowest BCUT2D eigenvalue weighted by Crippen LogP contribution is -2.45. The van der Waals surface area contributed by atoms with E-state index in [4.69, 9.17) is 4.74 Å². The maximum atomic E-state index is 12.9. The molecule has 0 bridgehead atoms. The number of carboxylic acid groups (broad SMARTS) is 1. The number of carboxylic acids is 1. The number of hydrogen-bond acceptors (Lipinski definition) is 4. The predicted molar refractivity (Wildman–Crippen MR) is 119 cm³/mol. The Labute approximate surface area is 182 Å². The fraction of sp³-hybridized carbons (Fsp3) is 0.292. The second-order valence-electron chi connectivity index (χ2n) is 7.65. The molecular weight excluding hydrogens is 396 g/mol. The first-order valence-corrected chi connectivity index (χ1v) is 9.97. The topological polar surface area (TPSA) is 105 Å². The van der Waals surface area contributed by atoms with Crippen molar-refractivity contribution in [1.29, 1.82) is 0 Å². The Morgan fingerprint density at radius 2 is 1.65 bits per heavy atom. The summed E-state index contributed by atoms with van der Waals surface area (Å²) >= 11 is 0. The number of amides is 2. The number of nitrogens with one attached hydrogen (secondary N) is 2. The van der Waals surface area contributed by atoms with Crippen LogP contribution in [0.3, 0.4) is 0 Å². The molecule has 7 heteroatoms. The smallest absolute Gasteiger partial charge is 0.326 e. The van der Waals surface area contributed by atoms with Gasteiger partial charge in [-0.1, -0.05) is 43.7 Å². The van der Waals surface area contributed by atoms with Crippen LogP contribution in [0.25, 0.3) is 6.08 Å². The standard InChI is InChI=1S/C24H28N2O5/c1-15(2)13-21(24(29)30)26-23(28)20(14-17-7-11-19(31-4)12-8-17)25-22(27)18-9-5-16(3)6-10-18/h5-12,14-15,21H,13H2,1-4H3,(H,25,27)(H,26,28)(H,29,30)/b20-14-/t21-/m0/s1. The Morgan fingerprint density at radius 1 is 1.03 bits per heavy atom. The molecule has 0 unspecified atom stereocenters. The molecule has 0 aliphatic carbocycles. The molecule has 2 rings (SSSR count). The number of aliphatic carboxylic acids is 1. The summed E-state index contributed by atoms with van der Waals surface area (Å²) in [6.45, 7) is 5.65. The highest BCUT2D eigenvalue weighted by Gasteiger charge is 2.24. The number of carbonyl (C=O) groups excluding carboxylic acids is 2. The summed E-state index contributed by atoms with van der Waals surface area (Å²) in [5.74, 6) is -1.56. The molecule has 1 atom stereocenters. The Morgan fingerprint density at radius 3 is 2.16 bits per heavy atom. The zero-order valence-electron chi connectivity index (χ0n) is 18.1. The summed E-state index contributed by atoms with van der Waals surface area (Å²) < 4.78 is 5.13. The van der Waals surface area contributed by atoms with E-state index >= 15 is 0 Å². The lowest BCUT2D eigenvalue weighted by molar-refractivity contribution is -0.141. The van der Waals surface area contributed by atoms with Gasteiger partial charge in [-0.3, -0.25) is 9.59 Å². The quantitative estimate of drug-likeness (QED) is 0.535. The Balaban J connectivity index is 2.32. The van der Waals surface area contributed by atoms with E-state index in [1.165, 1.54) is 6.08 Å².